The largest absolute Gasteiger partial charge is 0.381 e. The number of hydrogen-bond acceptors (Lipinski definition) is 4. The second kappa shape index (κ2) is 10.1. The van der Waals surface area contributed by atoms with Crippen LogP contribution in [0.4, 0.5) is 0 Å². The first kappa shape index (κ1) is 21.9. The molecule has 2 amide bonds. The quantitative estimate of drug-likeness (QED) is 0.650. The van der Waals surface area contributed by atoms with Gasteiger partial charge in [0.25, 0.3) is 0 Å². The number of primary amides is 1. The van der Waals surface area contributed by atoms with Gasteiger partial charge in [0.05, 0.1) is 30.6 Å². The molecule has 0 aliphatic carbocycles. The molecule has 1 fully saturated rings. The topological polar surface area (TPSA) is 81.9 Å². The van der Waals surface area contributed by atoms with E-state index in [4.69, 9.17) is 15.2 Å². The molecule has 25 heavy (non-hydrogen) atoms. The smallest absolute Gasteiger partial charge is 0.225 e. The van der Waals surface area contributed by atoms with Gasteiger partial charge in [0.15, 0.2) is 0 Å². The lowest BCUT2D eigenvalue weighted by atomic mass is 9.87. The second-order valence-electron chi connectivity index (χ2n) is 7.41. The summed E-state index contributed by atoms with van der Waals surface area (Å²) in [6.07, 6.45) is 2.71. The van der Waals surface area contributed by atoms with Gasteiger partial charge in [-0.2, -0.15) is 0 Å². The molecule has 1 aliphatic heterocycles. The normalized spacial score (nSPS) is 23.8. The van der Waals surface area contributed by atoms with E-state index in [1.54, 1.807) is 21.1 Å². The highest BCUT2D eigenvalue weighted by atomic mass is 16.5. The molecule has 0 aromatic heterocycles. The summed E-state index contributed by atoms with van der Waals surface area (Å²) in [6, 6.07) is -0.101. The predicted molar refractivity (Wildman–Crippen MR) is 97.9 cm³/mol. The van der Waals surface area contributed by atoms with Crippen LogP contribution in [0.5, 0.6) is 0 Å². The van der Waals surface area contributed by atoms with Crippen molar-refractivity contribution in [1.82, 2.24) is 4.90 Å². The number of carbonyl (C=O) groups excluding carboxylic acids is 2. The molecule has 0 bridgehead atoms. The summed E-state index contributed by atoms with van der Waals surface area (Å²) < 4.78 is 11.2. The van der Waals surface area contributed by atoms with E-state index < -0.39 is 11.8 Å². The van der Waals surface area contributed by atoms with Gasteiger partial charge >= 0.3 is 0 Å². The molecule has 0 aromatic carbocycles. The summed E-state index contributed by atoms with van der Waals surface area (Å²) in [4.78, 5) is 26.4. The molecule has 0 spiro atoms. The predicted octanol–water partition coefficient (Wildman–Crippen LogP) is 2.20. The Hall–Kier alpha value is -1.14. The minimum absolute atomic E-state index is 0.0724. The number of rotatable bonds is 10. The van der Waals surface area contributed by atoms with Crippen molar-refractivity contribution in [3.8, 4) is 0 Å². The third kappa shape index (κ3) is 5.42. The molecule has 0 radical (unpaired) electrons. The summed E-state index contributed by atoms with van der Waals surface area (Å²) >= 11 is 0. The van der Waals surface area contributed by atoms with Crippen molar-refractivity contribution in [3.05, 3.63) is 0 Å². The van der Waals surface area contributed by atoms with Crippen molar-refractivity contribution in [1.29, 1.82) is 0 Å². The summed E-state index contributed by atoms with van der Waals surface area (Å²) in [5, 5.41) is 0. The van der Waals surface area contributed by atoms with Crippen LogP contribution < -0.4 is 5.73 Å². The van der Waals surface area contributed by atoms with E-state index in [0.717, 1.165) is 19.3 Å². The second-order valence-corrected chi connectivity index (χ2v) is 7.41. The Balaban J connectivity index is 2.83. The van der Waals surface area contributed by atoms with Crippen LogP contribution in [0.15, 0.2) is 0 Å². The summed E-state index contributed by atoms with van der Waals surface area (Å²) in [6.45, 7) is 8.95. The van der Waals surface area contributed by atoms with Crippen LogP contribution in [0, 0.1) is 17.8 Å². The summed E-state index contributed by atoms with van der Waals surface area (Å²) in [5.74, 6) is 0.0479. The lowest BCUT2D eigenvalue weighted by molar-refractivity contribution is -0.141. The van der Waals surface area contributed by atoms with Crippen LogP contribution in [-0.4, -0.2) is 55.7 Å². The van der Waals surface area contributed by atoms with Crippen molar-refractivity contribution >= 4 is 11.8 Å². The molecule has 6 atom stereocenters. The Morgan fingerprint density at radius 3 is 2.32 bits per heavy atom. The van der Waals surface area contributed by atoms with E-state index in [9.17, 15) is 9.59 Å². The highest BCUT2D eigenvalue weighted by Gasteiger charge is 2.40. The van der Waals surface area contributed by atoms with Gasteiger partial charge in [0.2, 0.25) is 11.8 Å². The van der Waals surface area contributed by atoms with Gasteiger partial charge in [-0.05, 0) is 24.7 Å². The molecule has 6 heteroatoms. The van der Waals surface area contributed by atoms with E-state index in [-0.39, 0.29) is 24.2 Å². The maximum Gasteiger partial charge on any atom is 0.225 e. The standard InChI is InChI=1S/C19H36N2O4/c1-7-12(2)13(3)16(24-5)11-17(22)21-10-8-9-15(21)18(25-6)14(4)19(20)23/h12-16,18H,7-11H2,1-6H3,(H2,20,23). The molecule has 1 aliphatic rings. The van der Waals surface area contributed by atoms with Crippen LogP contribution in [0.2, 0.25) is 0 Å². The van der Waals surface area contributed by atoms with Crippen molar-refractivity contribution in [2.45, 2.75) is 71.6 Å². The Kier molecular flexibility index (Phi) is 8.86. The van der Waals surface area contributed by atoms with Crippen LogP contribution in [0.1, 0.15) is 53.4 Å². The fourth-order valence-electron chi connectivity index (χ4n) is 3.81. The van der Waals surface area contributed by atoms with Gasteiger partial charge in [0.1, 0.15) is 0 Å². The molecular formula is C19H36N2O4. The molecule has 146 valence electrons. The number of hydrogen-bond donors (Lipinski definition) is 1. The Bertz CT molecular complexity index is 443. The number of nitrogens with two attached hydrogens (primary N) is 1. The Morgan fingerprint density at radius 2 is 1.84 bits per heavy atom. The first-order chi connectivity index (χ1) is 11.8. The van der Waals surface area contributed by atoms with E-state index >= 15 is 0 Å². The highest BCUT2D eigenvalue weighted by Crippen LogP contribution is 2.29. The molecule has 2 N–H and O–H groups in total. The van der Waals surface area contributed by atoms with Gasteiger partial charge < -0.3 is 20.1 Å². The zero-order valence-corrected chi connectivity index (χ0v) is 16.7. The van der Waals surface area contributed by atoms with E-state index in [1.807, 2.05) is 4.90 Å². The van der Waals surface area contributed by atoms with E-state index in [2.05, 4.69) is 20.8 Å². The van der Waals surface area contributed by atoms with E-state index in [1.165, 1.54) is 0 Å². The van der Waals surface area contributed by atoms with Crippen molar-refractivity contribution in [2.75, 3.05) is 20.8 Å². The zero-order valence-electron chi connectivity index (χ0n) is 16.7. The zero-order chi connectivity index (χ0) is 19.1. The molecular weight excluding hydrogens is 320 g/mol. The van der Waals surface area contributed by atoms with Crippen LogP contribution in [0.25, 0.3) is 0 Å². The minimum atomic E-state index is -0.430. The average molecular weight is 357 g/mol. The maximum absolute atomic E-state index is 12.9. The van der Waals surface area contributed by atoms with Crippen molar-refractivity contribution in [3.63, 3.8) is 0 Å². The lowest BCUT2D eigenvalue weighted by Gasteiger charge is -2.35. The monoisotopic (exact) mass is 356 g/mol. The van der Waals surface area contributed by atoms with Crippen LogP contribution in [0.3, 0.4) is 0 Å². The Labute approximate surface area is 152 Å². The number of nitrogens with zero attached hydrogens (tertiary/aromatic N) is 1. The molecule has 1 heterocycles. The van der Waals surface area contributed by atoms with Crippen LogP contribution in [-0.2, 0) is 19.1 Å². The molecule has 6 unspecified atom stereocenters. The number of ether oxygens (including phenoxy) is 2. The van der Waals surface area contributed by atoms with Crippen molar-refractivity contribution < 1.29 is 19.1 Å². The number of methoxy groups -OCH3 is 2. The molecule has 1 rings (SSSR count). The SMILES string of the molecule is CCC(C)C(C)C(CC(=O)N1CCCC1C(OC)C(C)C(N)=O)OC. The molecule has 0 saturated carbocycles. The van der Waals surface area contributed by atoms with Gasteiger partial charge in [-0.15, -0.1) is 0 Å². The maximum atomic E-state index is 12.9. The third-order valence-electron chi connectivity index (χ3n) is 6.02. The molecule has 0 aromatic rings. The van der Waals surface area contributed by atoms with Gasteiger partial charge in [-0.25, -0.2) is 0 Å². The fourth-order valence-corrected chi connectivity index (χ4v) is 3.81. The van der Waals surface area contributed by atoms with E-state index in [0.29, 0.717) is 24.8 Å². The molecule has 6 nitrogen and oxygen atoms in total. The minimum Gasteiger partial charge on any atom is -0.381 e. The average Bonchev–Trinajstić information content (AvgIpc) is 3.08. The number of likely N-dealkylation sites (tertiary alicyclic amines) is 1. The Morgan fingerprint density at radius 1 is 1.20 bits per heavy atom. The number of amides is 2. The summed E-state index contributed by atoms with van der Waals surface area (Å²) in [5.41, 5.74) is 5.45. The van der Waals surface area contributed by atoms with Gasteiger partial charge in [0, 0.05) is 20.8 Å². The lowest BCUT2D eigenvalue weighted by Crippen LogP contribution is -2.49. The summed E-state index contributed by atoms with van der Waals surface area (Å²) in [7, 11) is 3.25. The van der Waals surface area contributed by atoms with Gasteiger partial charge in [-0.3, -0.25) is 9.59 Å². The fraction of sp³-hybridized carbons (Fsp3) is 0.895. The first-order valence-corrected chi connectivity index (χ1v) is 9.42. The highest BCUT2D eigenvalue weighted by molar-refractivity contribution is 5.79. The van der Waals surface area contributed by atoms with Crippen LogP contribution >= 0.6 is 0 Å². The third-order valence-corrected chi connectivity index (χ3v) is 6.02. The van der Waals surface area contributed by atoms with Crippen molar-refractivity contribution in [2.24, 2.45) is 23.5 Å². The molecule has 1 saturated heterocycles. The van der Waals surface area contributed by atoms with Gasteiger partial charge in [-0.1, -0.05) is 34.1 Å². The number of carbonyl (C=O) groups is 2. The first-order valence-electron chi connectivity index (χ1n) is 9.42.